The standard InChI is InChI=1S/C22H22F3N5O3S2/c1-21(2,18-12-34-20(28-18)29-35(32,33)15-8-9-15)19(31)30(3)14-6-4-13(5-7-14)16-10-26-11-17(27-16)22(23,24)25/h4-7,10-12,15H,8-9H2,1-3H3,(H,28,29). The quantitative estimate of drug-likeness (QED) is 0.488. The molecule has 0 saturated heterocycles. The number of aromatic nitrogens is 3. The molecule has 1 N–H and O–H groups in total. The number of nitrogens with one attached hydrogen (secondary N) is 1. The van der Waals surface area contributed by atoms with Gasteiger partial charge in [-0.1, -0.05) is 12.1 Å². The van der Waals surface area contributed by atoms with Crippen LogP contribution in [-0.4, -0.2) is 41.6 Å². The van der Waals surface area contributed by atoms with Gasteiger partial charge in [0, 0.05) is 23.7 Å². The first kappa shape index (κ1) is 25.0. The van der Waals surface area contributed by atoms with Crippen molar-refractivity contribution >= 4 is 38.1 Å². The number of carbonyl (C=O) groups is 1. The average molecular weight is 526 g/mol. The van der Waals surface area contributed by atoms with Gasteiger partial charge in [0.2, 0.25) is 15.9 Å². The van der Waals surface area contributed by atoms with E-state index in [0.717, 1.165) is 11.3 Å². The lowest BCUT2D eigenvalue weighted by Crippen LogP contribution is -2.41. The van der Waals surface area contributed by atoms with Gasteiger partial charge in [0.25, 0.3) is 0 Å². The van der Waals surface area contributed by atoms with E-state index < -0.39 is 27.3 Å². The highest BCUT2D eigenvalue weighted by Crippen LogP contribution is 2.34. The summed E-state index contributed by atoms with van der Waals surface area (Å²) >= 11 is 1.11. The van der Waals surface area contributed by atoms with Gasteiger partial charge in [-0.25, -0.2) is 18.4 Å². The molecular formula is C22H22F3N5O3S2. The molecule has 1 fully saturated rings. The van der Waals surface area contributed by atoms with Crippen LogP contribution >= 0.6 is 11.3 Å². The first-order valence-corrected chi connectivity index (χ1v) is 13.0. The minimum Gasteiger partial charge on any atom is -0.315 e. The fourth-order valence-electron chi connectivity index (χ4n) is 3.33. The molecule has 1 aromatic carbocycles. The summed E-state index contributed by atoms with van der Waals surface area (Å²) in [5.41, 5.74) is -0.751. The fourth-order valence-corrected chi connectivity index (χ4v) is 5.81. The Morgan fingerprint density at radius 1 is 1.09 bits per heavy atom. The molecular weight excluding hydrogens is 503 g/mol. The molecule has 3 aromatic rings. The lowest BCUT2D eigenvalue weighted by atomic mass is 9.88. The number of rotatable bonds is 7. The molecule has 1 aliphatic carbocycles. The number of amides is 1. The number of thiazole rings is 1. The minimum absolute atomic E-state index is 0.0596. The van der Waals surface area contributed by atoms with E-state index in [9.17, 15) is 26.4 Å². The summed E-state index contributed by atoms with van der Waals surface area (Å²) in [5.74, 6) is -0.300. The third-order valence-corrected chi connectivity index (χ3v) is 8.37. The van der Waals surface area contributed by atoms with E-state index in [1.807, 2.05) is 0 Å². The van der Waals surface area contributed by atoms with E-state index in [1.165, 1.54) is 11.1 Å². The summed E-state index contributed by atoms with van der Waals surface area (Å²) in [6, 6.07) is 6.32. The Labute approximate surface area is 204 Å². The largest absolute Gasteiger partial charge is 0.434 e. The molecule has 8 nitrogen and oxygen atoms in total. The number of nitrogens with zero attached hydrogens (tertiary/aromatic N) is 4. The topological polar surface area (TPSA) is 105 Å². The van der Waals surface area contributed by atoms with Crippen molar-refractivity contribution < 1.29 is 26.4 Å². The smallest absolute Gasteiger partial charge is 0.315 e. The molecule has 0 radical (unpaired) electrons. The number of halogens is 3. The van der Waals surface area contributed by atoms with Crippen molar-refractivity contribution in [2.75, 3.05) is 16.7 Å². The van der Waals surface area contributed by atoms with Gasteiger partial charge < -0.3 is 4.90 Å². The fraction of sp³-hybridized carbons (Fsp3) is 0.364. The highest BCUT2D eigenvalue weighted by atomic mass is 32.2. The molecule has 1 amide bonds. The molecule has 0 spiro atoms. The highest BCUT2D eigenvalue weighted by Gasteiger charge is 2.38. The monoisotopic (exact) mass is 525 g/mol. The van der Waals surface area contributed by atoms with Gasteiger partial charge >= 0.3 is 6.18 Å². The van der Waals surface area contributed by atoms with Crippen LogP contribution < -0.4 is 9.62 Å². The Balaban J connectivity index is 1.50. The van der Waals surface area contributed by atoms with Gasteiger partial charge in [0.05, 0.1) is 34.4 Å². The van der Waals surface area contributed by atoms with Crippen molar-refractivity contribution in [1.29, 1.82) is 0 Å². The molecule has 35 heavy (non-hydrogen) atoms. The maximum atomic E-state index is 13.3. The van der Waals surface area contributed by atoms with Crippen molar-refractivity contribution in [2.24, 2.45) is 0 Å². The zero-order valence-electron chi connectivity index (χ0n) is 19.0. The van der Waals surface area contributed by atoms with E-state index in [4.69, 9.17) is 0 Å². The Hall–Kier alpha value is -3.06. The number of hydrogen-bond donors (Lipinski definition) is 1. The number of alkyl halides is 3. The number of benzene rings is 1. The van der Waals surface area contributed by atoms with E-state index in [2.05, 4.69) is 19.7 Å². The van der Waals surface area contributed by atoms with Crippen LogP contribution in [0.1, 0.15) is 38.1 Å². The number of likely N-dealkylation sites (N-methyl/N-ethyl adjacent to an activating group) is 1. The van der Waals surface area contributed by atoms with Crippen molar-refractivity contribution in [3.63, 3.8) is 0 Å². The molecule has 2 heterocycles. The van der Waals surface area contributed by atoms with Gasteiger partial charge in [-0.2, -0.15) is 13.2 Å². The van der Waals surface area contributed by atoms with Crippen LogP contribution in [0.5, 0.6) is 0 Å². The maximum absolute atomic E-state index is 13.3. The Morgan fingerprint density at radius 2 is 1.74 bits per heavy atom. The highest BCUT2D eigenvalue weighted by molar-refractivity contribution is 7.93. The zero-order chi connectivity index (χ0) is 25.6. The van der Waals surface area contributed by atoms with Crippen LogP contribution in [0.25, 0.3) is 11.3 Å². The van der Waals surface area contributed by atoms with E-state index >= 15 is 0 Å². The molecule has 0 unspecified atom stereocenters. The first-order valence-electron chi connectivity index (χ1n) is 10.5. The number of sulfonamides is 1. The maximum Gasteiger partial charge on any atom is 0.434 e. The lowest BCUT2D eigenvalue weighted by molar-refractivity contribution is -0.141. The Morgan fingerprint density at radius 3 is 2.34 bits per heavy atom. The number of anilines is 2. The molecule has 186 valence electrons. The van der Waals surface area contributed by atoms with Gasteiger partial charge in [0.1, 0.15) is 0 Å². The van der Waals surface area contributed by atoms with Crippen LogP contribution in [0.15, 0.2) is 42.0 Å². The second-order valence-electron chi connectivity index (χ2n) is 8.71. The number of hydrogen-bond acceptors (Lipinski definition) is 7. The molecule has 1 aliphatic rings. The SMILES string of the molecule is CN(C(=O)C(C)(C)c1csc(NS(=O)(=O)C2CC2)n1)c1ccc(-c2cncc(C(F)(F)F)n2)cc1. The van der Waals surface area contributed by atoms with Crippen LogP contribution in [-0.2, 0) is 26.4 Å². The minimum atomic E-state index is -4.60. The molecule has 0 aliphatic heterocycles. The van der Waals surface area contributed by atoms with E-state index in [1.54, 1.807) is 50.5 Å². The van der Waals surface area contributed by atoms with Crippen molar-refractivity contribution in [1.82, 2.24) is 15.0 Å². The van der Waals surface area contributed by atoms with E-state index in [-0.39, 0.29) is 22.0 Å². The first-order chi connectivity index (χ1) is 16.3. The van der Waals surface area contributed by atoms with Crippen LogP contribution in [0, 0.1) is 0 Å². The van der Waals surface area contributed by atoms with Gasteiger partial charge in [-0.15, -0.1) is 11.3 Å². The van der Waals surface area contributed by atoms with Crippen molar-refractivity contribution in [2.45, 2.75) is 43.5 Å². The second kappa shape index (κ2) is 8.86. The van der Waals surface area contributed by atoms with Crippen molar-refractivity contribution in [3.05, 3.63) is 53.4 Å². The molecule has 0 bridgehead atoms. The van der Waals surface area contributed by atoms with Crippen LogP contribution in [0.4, 0.5) is 24.0 Å². The summed E-state index contributed by atoms with van der Waals surface area (Å²) in [7, 11) is -1.88. The molecule has 4 rings (SSSR count). The van der Waals surface area contributed by atoms with Gasteiger partial charge in [-0.05, 0) is 38.8 Å². The third-order valence-electron chi connectivity index (χ3n) is 5.65. The lowest BCUT2D eigenvalue weighted by Gasteiger charge is -2.28. The zero-order valence-corrected chi connectivity index (χ0v) is 20.6. The summed E-state index contributed by atoms with van der Waals surface area (Å²) in [4.78, 5) is 26.3. The van der Waals surface area contributed by atoms with Gasteiger partial charge in [0.15, 0.2) is 10.8 Å². The van der Waals surface area contributed by atoms with Crippen LogP contribution in [0.3, 0.4) is 0 Å². The Bertz CT molecular complexity index is 1350. The van der Waals surface area contributed by atoms with Gasteiger partial charge in [-0.3, -0.25) is 14.5 Å². The predicted molar refractivity (Wildman–Crippen MR) is 127 cm³/mol. The second-order valence-corrected chi connectivity index (χ2v) is 11.5. The molecule has 2 aromatic heterocycles. The molecule has 13 heteroatoms. The molecule has 0 atom stereocenters. The summed E-state index contributed by atoms with van der Waals surface area (Å²) in [5, 5.41) is 1.47. The summed E-state index contributed by atoms with van der Waals surface area (Å²) in [6.07, 6.45) is -1.45. The average Bonchev–Trinajstić information content (AvgIpc) is 3.58. The predicted octanol–water partition coefficient (Wildman–Crippen LogP) is 4.46. The third kappa shape index (κ3) is 5.30. The normalized spacial score (nSPS) is 14.6. The van der Waals surface area contributed by atoms with Crippen molar-refractivity contribution in [3.8, 4) is 11.3 Å². The summed E-state index contributed by atoms with van der Waals surface area (Å²) in [6.45, 7) is 3.37. The Kier molecular flexibility index (Phi) is 6.34. The van der Waals surface area contributed by atoms with Crippen LogP contribution in [0.2, 0.25) is 0 Å². The summed E-state index contributed by atoms with van der Waals surface area (Å²) < 4.78 is 65.6. The van der Waals surface area contributed by atoms with E-state index in [0.29, 0.717) is 36.0 Å². The molecule has 1 saturated carbocycles. The number of carbonyl (C=O) groups excluding carboxylic acids is 1.